The minimum atomic E-state index is -0.275. The maximum absolute atomic E-state index is 7.08. The molecule has 420 valence electrons. The van der Waals surface area contributed by atoms with E-state index in [1.807, 2.05) is 11.3 Å². The highest BCUT2D eigenvalue weighted by atomic mass is 32.1. The number of thiophene rings is 1. The SMILES string of the molecule is Cc1cc2c3c(c1)N1c4ccc(C(C)(C)C)cc4-c4ccc(cc4)C(C)(C)c4ccc5sc6cccc(c6c5c4)N2C2=C(CCC(N4c5ccc(C(C)(C)C)cc5C5(C)CCCCC45C)=C2)B3c2ccc3oc4ccc(C(C)(C)C)cc4c3c21. The van der Waals surface area contributed by atoms with Crippen molar-refractivity contribution >= 4 is 105 Å². The van der Waals surface area contributed by atoms with Gasteiger partial charge in [-0.2, -0.15) is 0 Å². The summed E-state index contributed by atoms with van der Waals surface area (Å²) in [5.41, 5.74) is 27.9. The molecule has 2 atom stereocenters. The molecule has 1 saturated carbocycles. The molecule has 2 aliphatic carbocycles. The zero-order valence-corrected chi connectivity index (χ0v) is 52.7. The highest BCUT2D eigenvalue weighted by Gasteiger charge is 2.59. The quantitative estimate of drug-likeness (QED) is 0.153. The van der Waals surface area contributed by atoms with Crippen molar-refractivity contribution in [3.05, 3.63) is 201 Å². The van der Waals surface area contributed by atoms with Crippen LogP contribution in [-0.4, -0.2) is 12.3 Å². The van der Waals surface area contributed by atoms with E-state index < -0.39 is 0 Å². The van der Waals surface area contributed by atoms with Gasteiger partial charge in [0.2, 0.25) is 6.71 Å². The van der Waals surface area contributed by atoms with Crippen LogP contribution in [0, 0.1) is 6.92 Å². The monoisotopic (exact) mass is 1120 g/mol. The maximum Gasteiger partial charge on any atom is 0.247 e. The van der Waals surface area contributed by atoms with Crippen LogP contribution in [0.1, 0.15) is 167 Å². The van der Waals surface area contributed by atoms with Crippen LogP contribution < -0.4 is 25.6 Å². The summed E-state index contributed by atoms with van der Waals surface area (Å²) in [5, 5.41) is 5.02. The number of allylic oxidation sites excluding steroid dienone is 3. The predicted molar refractivity (Wildman–Crippen MR) is 361 cm³/mol. The number of benzene rings is 8. The molecular weight excluding hydrogens is 1040 g/mol. The lowest BCUT2D eigenvalue weighted by Crippen LogP contribution is -2.58. The highest BCUT2D eigenvalue weighted by molar-refractivity contribution is 7.26. The molecule has 4 nitrogen and oxygen atoms in total. The number of rotatable bonds is 1. The second kappa shape index (κ2) is 17.2. The van der Waals surface area contributed by atoms with E-state index in [-0.39, 0.29) is 39.3 Å². The molecule has 2 unspecified atom stereocenters. The topological polar surface area (TPSA) is 22.9 Å². The van der Waals surface area contributed by atoms with Gasteiger partial charge in [-0.25, -0.2) is 0 Å². The summed E-state index contributed by atoms with van der Waals surface area (Å²) in [5.74, 6) is 0. The third-order valence-electron chi connectivity index (χ3n) is 21.7. The minimum absolute atomic E-state index is 0.0126. The fourth-order valence-electron chi connectivity index (χ4n) is 16.6. The van der Waals surface area contributed by atoms with Crippen molar-refractivity contribution in [2.24, 2.45) is 0 Å². The fourth-order valence-corrected chi connectivity index (χ4v) is 17.7. The Labute approximate surface area is 502 Å². The first-order valence-corrected chi connectivity index (χ1v) is 32.1. The fraction of sp³-hybridized carbons (Fsp3) is 0.333. The zero-order valence-electron chi connectivity index (χ0n) is 51.8. The van der Waals surface area contributed by atoms with Crippen molar-refractivity contribution < 1.29 is 4.42 Å². The van der Waals surface area contributed by atoms with Crippen LogP contribution in [0.4, 0.5) is 34.1 Å². The van der Waals surface area contributed by atoms with Crippen LogP contribution in [0.25, 0.3) is 53.2 Å². The number of aryl methyl sites for hydroxylation is 1. The van der Waals surface area contributed by atoms with E-state index in [1.165, 1.54) is 163 Å². The number of hydrogen-bond acceptors (Lipinski definition) is 5. The molecule has 17 rings (SSSR count). The van der Waals surface area contributed by atoms with Crippen molar-refractivity contribution in [2.75, 3.05) is 14.7 Å². The Kier molecular flexibility index (Phi) is 10.7. The average Bonchev–Trinajstić information content (AvgIpc) is 1.28. The van der Waals surface area contributed by atoms with Crippen LogP contribution in [-0.2, 0) is 27.1 Å². The van der Waals surface area contributed by atoms with Crippen molar-refractivity contribution in [1.29, 1.82) is 0 Å². The molecule has 0 amide bonds. The molecule has 0 spiro atoms. The summed E-state index contributed by atoms with van der Waals surface area (Å²) in [7, 11) is 0. The molecule has 7 aliphatic rings. The Morgan fingerprint density at radius 2 is 1.21 bits per heavy atom. The third-order valence-corrected chi connectivity index (χ3v) is 22.8. The number of anilines is 6. The van der Waals surface area contributed by atoms with Crippen molar-refractivity contribution in [2.45, 2.75) is 168 Å². The summed E-state index contributed by atoms with van der Waals surface area (Å²) in [6.07, 6.45) is 9.47. The van der Waals surface area contributed by atoms with Gasteiger partial charge in [0.05, 0.1) is 28.0 Å². The van der Waals surface area contributed by atoms with E-state index in [4.69, 9.17) is 4.42 Å². The summed E-state index contributed by atoms with van der Waals surface area (Å²) in [6.45, 7) is 33.6. The summed E-state index contributed by atoms with van der Waals surface area (Å²) in [6, 6.07) is 55.9. The van der Waals surface area contributed by atoms with E-state index >= 15 is 0 Å². The van der Waals surface area contributed by atoms with Gasteiger partial charge in [0.25, 0.3) is 0 Å². The van der Waals surface area contributed by atoms with E-state index in [0.717, 1.165) is 24.0 Å². The number of fused-ring (bicyclic) bond motifs is 12. The van der Waals surface area contributed by atoms with Gasteiger partial charge in [-0.3, -0.25) is 0 Å². The first-order valence-electron chi connectivity index (χ1n) is 31.3. The molecule has 7 heterocycles. The van der Waals surface area contributed by atoms with E-state index in [2.05, 4.69) is 257 Å². The van der Waals surface area contributed by atoms with Crippen molar-refractivity contribution in [3.8, 4) is 11.1 Å². The van der Waals surface area contributed by atoms with Gasteiger partial charge >= 0.3 is 0 Å². The number of furan rings is 1. The van der Waals surface area contributed by atoms with Gasteiger partial charge < -0.3 is 19.1 Å². The largest absolute Gasteiger partial charge is 0.456 e. The first kappa shape index (κ1) is 52.3. The molecule has 10 aromatic rings. The number of hydrogen-bond donors (Lipinski definition) is 0. The normalized spacial score (nSPS) is 20.6. The van der Waals surface area contributed by atoms with Crippen LogP contribution >= 0.6 is 11.3 Å². The smallest absolute Gasteiger partial charge is 0.247 e. The lowest BCUT2D eigenvalue weighted by molar-refractivity contribution is 0.190. The van der Waals surface area contributed by atoms with Crippen LogP contribution in [0.3, 0.4) is 0 Å². The lowest BCUT2D eigenvalue weighted by Gasteiger charge is -2.52. The van der Waals surface area contributed by atoms with Crippen molar-refractivity contribution in [1.82, 2.24) is 0 Å². The van der Waals surface area contributed by atoms with Crippen LogP contribution in [0.5, 0.6) is 0 Å². The van der Waals surface area contributed by atoms with Gasteiger partial charge in [-0.1, -0.05) is 168 Å². The molecule has 84 heavy (non-hydrogen) atoms. The first-order chi connectivity index (χ1) is 39.9. The van der Waals surface area contributed by atoms with E-state index in [0.29, 0.717) is 0 Å². The Morgan fingerprint density at radius 1 is 0.548 bits per heavy atom. The molecule has 0 saturated heterocycles. The van der Waals surface area contributed by atoms with Crippen LogP contribution in [0.15, 0.2) is 167 Å². The standard InChI is InChI=1S/C78H78BN3OS/c1-45-38-63-71-64(39-45)81-59-31-24-48(73(2,3)4)40-53(59)46-20-22-47(23-21-46)76(11,12)51-27-35-67-55(42-51)69-61(18-17-19-68(69)84-67)80(63)62-44-52(82-60-32-25-50(75(8,9)10)43-56(60)77(13)36-15-16-37-78(77,82)14)28-29-57(62)79(71)58-30-34-66-70(72(58)81)54-41-49(74(5,6)7)26-33-65(54)83-66/h17-27,30-35,38-44H,15-16,28-29,36-37H2,1-14H3. The van der Waals surface area contributed by atoms with Gasteiger partial charge in [0.15, 0.2) is 0 Å². The Bertz CT molecular complexity index is 4600. The summed E-state index contributed by atoms with van der Waals surface area (Å²) in [4.78, 5) is 8.37. The molecule has 0 radical (unpaired) electrons. The Morgan fingerprint density at radius 3 is 1.96 bits per heavy atom. The van der Waals surface area contributed by atoms with E-state index in [1.54, 1.807) is 5.56 Å². The second-order valence-corrected chi connectivity index (χ2v) is 31.2. The Balaban J connectivity index is 1.06. The minimum Gasteiger partial charge on any atom is -0.456 e. The van der Waals surface area contributed by atoms with E-state index in [9.17, 15) is 0 Å². The molecular formula is C78H78BN3OS. The average molecular weight is 1120 g/mol. The predicted octanol–water partition coefficient (Wildman–Crippen LogP) is 20.6. The summed E-state index contributed by atoms with van der Waals surface area (Å²) < 4.78 is 9.72. The van der Waals surface area contributed by atoms with Crippen LogP contribution in [0.2, 0.25) is 0 Å². The maximum atomic E-state index is 7.08. The zero-order chi connectivity index (χ0) is 58.1. The second-order valence-electron chi connectivity index (χ2n) is 30.1. The van der Waals surface area contributed by atoms with Gasteiger partial charge in [0, 0.05) is 70.4 Å². The Hall–Kier alpha value is -7.28. The van der Waals surface area contributed by atoms with Gasteiger partial charge in [0.1, 0.15) is 11.2 Å². The molecule has 2 aromatic heterocycles. The molecule has 1 fully saturated rings. The van der Waals surface area contributed by atoms with Gasteiger partial charge in [-0.15, -0.1) is 11.3 Å². The molecule has 6 heteroatoms. The molecule has 5 aliphatic heterocycles. The molecule has 0 N–H and O–H groups in total. The third kappa shape index (κ3) is 7.13. The molecule has 8 aromatic carbocycles. The summed E-state index contributed by atoms with van der Waals surface area (Å²) >= 11 is 1.93. The number of nitrogens with zero attached hydrogens (tertiary/aromatic N) is 3. The molecule has 9 bridgehead atoms. The lowest BCUT2D eigenvalue weighted by atomic mass is 9.32. The van der Waals surface area contributed by atoms with Gasteiger partial charge in [-0.05, 0) is 190 Å². The highest BCUT2D eigenvalue weighted by Crippen LogP contribution is 2.62. The van der Waals surface area contributed by atoms with Crippen molar-refractivity contribution in [3.63, 3.8) is 0 Å².